The molecule has 0 aliphatic carbocycles. The third-order valence-electron chi connectivity index (χ3n) is 11.4. The van der Waals surface area contributed by atoms with E-state index in [-0.39, 0.29) is 17.2 Å². The number of benzene rings is 3. The van der Waals surface area contributed by atoms with E-state index in [4.69, 9.17) is 0 Å². The van der Waals surface area contributed by atoms with Crippen LogP contribution in [0.5, 0.6) is 17.2 Å². The first-order chi connectivity index (χ1) is 26.3. The lowest BCUT2D eigenvalue weighted by atomic mass is 9.82. The van der Waals surface area contributed by atoms with Gasteiger partial charge in [-0.3, -0.25) is 0 Å². The van der Waals surface area contributed by atoms with Crippen molar-refractivity contribution < 1.29 is 15.3 Å². The lowest BCUT2D eigenvalue weighted by molar-refractivity contribution is 0.352. The molecule has 0 saturated heterocycles. The Morgan fingerprint density at radius 3 is 0.825 bits per heavy atom. The molecule has 4 aromatic rings. The first-order valence-electron chi connectivity index (χ1n) is 20.8. The van der Waals surface area contributed by atoms with Gasteiger partial charge in [0.2, 0.25) is 0 Å². The fraction of sp³-hybridized carbons (Fsp3) is 0.562. The molecule has 0 amide bonds. The zero-order valence-electron chi connectivity index (χ0n) is 37.3. The molecule has 3 unspecified atom stereocenters. The molecule has 1 heterocycles. The molecular weight excluding hydrogens is 715 g/mol. The van der Waals surface area contributed by atoms with Crippen LogP contribution in [-0.4, -0.2) is 29.0 Å². The molecule has 57 heavy (non-hydrogen) atoms. The van der Waals surface area contributed by atoms with Crippen LogP contribution in [-0.2, 0) is 16.2 Å². The number of hydrogen-bond donors (Lipinski definition) is 3. The van der Waals surface area contributed by atoms with Gasteiger partial charge < -0.3 is 15.3 Å². The highest BCUT2D eigenvalue weighted by atomic mass is 16.3. The van der Waals surface area contributed by atoms with Crippen molar-refractivity contribution in [2.75, 3.05) is 0 Å². The second kappa shape index (κ2) is 16.8. The average Bonchev–Trinajstić information content (AvgIpc) is 3.09. The predicted molar refractivity (Wildman–Crippen MR) is 233 cm³/mol. The van der Waals surface area contributed by atoms with Crippen LogP contribution in [0.3, 0.4) is 0 Å². The fourth-order valence-corrected chi connectivity index (χ4v) is 8.26. The van der Waals surface area contributed by atoms with E-state index in [2.05, 4.69) is 0 Å². The second-order valence-electron chi connectivity index (χ2n) is 19.3. The number of aromatic hydroxyl groups is 3. The van der Waals surface area contributed by atoms with Gasteiger partial charge in [0.05, 0.1) is 18.1 Å². The molecule has 0 fully saturated rings. The number of phenols is 3. The zero-order valence-corrected chi connectivity index (χ0v) is 37.3. The van der Waals surface area contributed by atoms with Crippen molar-refractivity contribution in [2.24, 2.45) is 0 Å². The zero-order chi connectivity index (χ0) is 43.1. The van der Waals surface area contributed by atoms with Crippen molar-refractivity contribution in [1.29, 1.82) is 0 Å². The summed E-state index contributed by atoms with van der Waals surface area (Å²) in [5, 5.41) is 33.7. The Morgan fingerprint density at radius 2 is 0.649 bits per heavy atom. The smallest absolute Gasteiger partial charge is 0.337 e. The standard InChI is InChI=1S/C48H69N3O6/c1-16-19-37(31-22-28(4)40(52)34(25-31)46(7,8)9)49-43(55)50(38(20-17-2)32-23-29(5)41(53)35(26-32)47(10,11)12)45(57)51(44(49)56)39(21-18-3)33-24-30(6)42(54)36(27-33)48(13,14)15/h22-27,37-39,52-54H,16-21H2,1-15H3. The highest BCUT2D eigenvalue weighted by molar-refractivity contribution is 5.49. The van der Waals surface area contributed by atoms with Crippen LogP contribution in [0.1, 0.15) is 190 Å². The van der Waals surface area contributed by atoms with Crippen molar-refractivity contribution >= 4 is 0 Å². The molecule has 4 rings (SSSR count). The number of rotatable bonds is 12. The molecule has 3 atom stereocenters. The predicted octanol–water partition coefficient (Wildman–Crippen LogP) is 10.3. The Morgan fingerprint density at radius 1 is 0.439 bits per heavy atom. The number of aromatic nitrogens is 3. The third kappa shape index (κ3) is 8.97. The number of nitrogens with zero attached hydrogens (tertiary/aromatic N) is 3. The summed E-state index contributed by atoms with van der Waals surface area (Å²) in [5.74, 6) is 0.533. The van der Waals surface area contributed by atoms with Gasteiger partial charge in [-0.15, -0.1) is 0 Å². The second-order valence-corrected chi connectivity index (χ2v) is 19.3. The van der Waals surface area contributed by atoms with E-state index in [0.717, 1.165) is 0 Å². The van der Waals surface area contributed by atoms with E-state index >= 15 is 14.4 Å². The van der Waals surface area contributed by atoms with Gasteiger partial charge in [-0.05, 0) is 125 Å². The minimum atomic E-state index is -0.753. The Labute approximate surface area is 340 Å². The quantitative estimate of drug-likeness (QED) is 0.131. The lowest BCUT2D eigenvalue weighted by Gasteiger charge is -2.30. The van der Waals surface area contributed by atoms with Gasteiger partial charge in [0.25, 0.3) is 0 Å². The van der Waals surface area contributed by atoms with E-state index in [1.807, 2.05) is 140 Å². The summed E-state index contributed by atoms with van der Waals surface area (Å²) >= 11 is 0. The van der Waals surface area contributed by atoms with Crippen LogP contribution < -0.4 is 17.1 Å². The minimum Gasteiger partial charge on any atom is -0.507 e. The molecule has 0 aliphatic heterocycles. The van der Waals surface area contributed by atoms with E-state index in [1.54, 1.807) is 0 Å². The van der Waals surface area contributed by atoms with Crippen molar-refractivity contribution in [3.63, 3.8) is 0 Å². The maximum Gasteiger partial charge on any atom is 0.337 e. The average molecular weight is 784 g/mol. The Kier molecular flexibility index (Phi) is 13.3. The molecule has 0 bridgehead atoms. The summed E-state index contributed by atoms with van der Waals surface area (Å²) in [5.41, 5.74) is 2.74. The molecule has 0 spiro atoms. The SMILES string of the molecule is CCCC(c1cc(C)c(O)c(C(C)(C)C)c1)n1c(=O)n(C(CCC)c2cc(C)c(O)c(C(C)(C)C)c2)c(=O)n(C(CCC)c2cc(C)c(O)c(C(C)(C)C)c2)c1=O. The molecule has 0 aliphatic rings. The van der Waals surface area contributed by atoms with Crippen LogP contribution in [0.2, 0.25) is 0 Å². The van der Waals surface area contributed by atoms with Crippen LogP contribution in [0.25, 0.3) is 0 Å². The molecular formula is C48H69N3O6. The van der Waals surface area contributed by atoms with Gasteiger partial charge in [-0.25, -0.2) is 28.1 Å². The summed E-state index contributed by atoms with van der Waals surface area (Å²) in [6.07, 6.45) is 3.19. The summed E-state index contributed by atoms with van der Waals surface area (Å²) in [6, 6.07) is 8.99. The number of hydrogen-bond acceptors (Lipinski definition) is 6. The van der Waals surface area contributed by atoms with E-state index < -0.39 is 51.4 Å². The van der Waals surface area contributed by atoms with Crippen LogP contribution >= 0.6 is 0 Å². The van der Waals surface area contributed by atoms with Gasteiger partial charge in [-0.1, -0.05) is 121 Å². The molecule has 9 nitrogen and oxygen atoms in total. The van der Waals surface area contributed by atoms with Crippen LogP contribution in [0.15, 0.2) is 50.8 Å². The topological polar surface area (TPSA) is 127 Å². The van der Waals surface area contributed by atoms with E-state index in [9.17, 15) is 15.3 Å². The summed E-state index contributed by atoms with van der Waals surface area (Å²) in [6.45, 7) is 29.6. The van der Waals surface area contributed by atoms with Crippen molar-refractivity contribution in [2.45, 2.75) is 177 Å². The van der Waals surface area contributed by atoms with Gasteiger partial charge in [0, 0.05) is 0 Å². The normalized spacial score (nSPS) is 14.2. The monoisotopic (exact) mass is 784 g/mol. The Bertz CT molecular complexity index is 2000. The Balaban J connectivity index is 2.29. The summed E-state index contributed by atoms with van der Waals surface area (Å²) in [7, 11) is 0. The molecule has 0 saturated carbocycles. The number of phenolic OH excluding ortho intramolecular Hbond substituents is 3. The number of aryl methyl sites for hydroxylation is 3. The molecule has 0 radical (unpaired) electrons. The largest absolute Gasteiger partial charge is 0.507 e. The van der Waals surface area contributed by atoms with Crippen molar-refractivity contribution in [3.05, 3.63) is 118 Å². The summed E-state index contributed by atoms with van der Waals surface area (Å²) in [4.78, 5) is 46.2. The molecule has 312 valence electrons. The maximum atomic E-state index is 15.4. The fourth-order valence-electron chi connectivity index (χ4n) is 8.26. The van der Waals surface area contributed by atoms with Crippen molar-refractivity contribution in [1.82, 2.24) is 13.7 Å². The van der Waals surface area contributed by atoms with Gasteiger partial charge in [0.15, 0.2) is 0 Å². The first kappa shape index (κ1) is 45.2. The third-order valence-corrected chi connectivity index (χ3v) is 11.4. The summed E-state index contributed by atoms with van der Waals surface area (Å²) < 4.78 is 3.85. The van der Waals surface area contributed by atoms with Crippen molar-refractivity contribution in [3.8, 4) is 17.2 Å². The molecule has 3 aromatic carbocycles. The van der Waals surface area contributed by atoms with Crippen LogP contribution in [0, 0.1) is 20.8 Å². The lowest BCUT2D eigenvalue weighted by Crippen LogP contribution is -2.57. The van der Waals surface area contributed by atoms with Gasteiger partial charge in [-0.2, -0.15) is 0 Å². The highest BCUT2D eigenvalue weighted by Gasteiger charge is 2.33. The van der Waals surface area contributed by atoms with E-state index in [0.29, 0.717) is 88.6 Å². The minimum absolute atomic E-state index is 0.178. The molecule has 3 N–H and O–H groups in total. The molecule has 9 heteroatoms. The van der Waals surface area contributed by atoms with E-state index in [1.165, 1.54) is 13.7 Å². The first-order valence-corrected chi connectivity index (χ1v) is 20.8. The molecule has 1 aromatic heterocycles. The highest BCUT2D eigenvalue weighted by Crippen LogP contribution is 2.40. The van der Waals surface area contributed by atoms with Crippen LogP contribution in [0.4, 0.5) is 0 Å². The Hall–Kier alpha value is -4.53. The maximum absolute atomic E-state index is 15.4. The van der Waals surface area contributed by atoms with Gasteiger partial charge >= 0.3 is 17.1 Å². The van der Waals surface area contributed by atoms with Gasteiger partial charge in [0.1, 0.15) is 17.2 Å².